The maximum Gasteiger partial charge on any atom is 0.410 e. The third-order valence-corrected chi connectivity index (χ3v) is 3.15. The van der Waals surface area contributed by atoms with Gasteiger partial charge in [0, 0.05) is 32.2 Å². The van der Waals surface area contributed by atoms with Crippen LogP contribution in [-0.2, 0) is 11.3 Å². The van der Waals surface area contributed by atoms with E-state index in [-0.39, 0.29) is 6.09 Å². The smallest absolute Gasteiger partial charge is 0.410 e. The molecule has 0 saturated carbocycles. The molecule has 1 aromatic heterocycles. The molecule has 1 aliphatic rings. The van der Waals surface area contributed by atoms with Crippen LogP contribution < -0.4 is 5.73 Å². The van der Waals surface area contributed by atoms with Gasteiger partial charge in [0.15, 0.2) is 5.96 Å². The van der Waals surface area contributed by atoms with Crippen molar-refractivity contribution in [3.05, 3.63) is 18.0 Å². The van der Waals surface area contributed by atoms with Crippen molar-refractivity contribution in [1.82, 2.24) is 15.0 Å². The minimum absolute atomic E-state index is 0.287. The maximum atomic E-state index is 12.0. The standard InChI is InChI=1S/C14H23N5O3/c1-14(2,3)22-13(20)19-7-5-18(6-8-19)12(15)16-10-11-4-9-21-17-11/h4,9H,5-8,10H2,1-3H3,(H2,15,16). The molecule has 0 aromatic carbocycles. The van der Waals surface area contributed by atoms with Gasteiger partial charge in [0.2, 0.25) is 0 Å². The number of amides is 1. The molecular formula is C14H23N5O3. The molecule has 0 aliphatic carbocycles. The average Bonchev–Trinajstić information content (AvgIpc) is 2.96. The maximum absolute atomic E-state index is 12.0. The molecule has 2 heterocycles. The molecule has 0 atom stereocenters. The summed E-state index contributed by atoms with van der Waals surface area (Å²) in [5, 5.41) is 3.78. The molecule has 1 amide bonds. The molecule has 1 saturated heterocycles. The van der Waals surface area contributed by atoms with E-state index in [9.17, 15) is 4.79 Å². The summed E-state index contributed by atoms with van der Waals surface area (Å²) < 4.78 is 10.1. The lowest BCUT2D eigenvalue weighted by atomic mass is 10.2. The second kappa shape index (κ2) is 6.67. The fourth-order valence-electron chi connectivity index (χ4n) is 2.03. The number of guanidine groups is 1. The van der Waals surface area contributed by atoms with Crippen molar-refractivity contribution >= 4 is 12.1 Å². The molecule has 1 aliphatic heterocycles. The van der Waals surface area contributed by atoms with Crippen molar-refractivity contribution in [1.29, 1.82) is 0 Å². The van der Waals surface area contributed by atoms with Crippen molar-refractivity contribution in [2.75, 3.05) is 26.2 Å². The first-order valence-electron chi connectivity index (χ1n) is 7.27. The van der Waals surface area contributed by atoms with Crippen LogP contribution >= 0.6 is 0 Å². The summed E-state index contributed by atoms with van der Waals surface area (Å²) >= 11 is 0. The van der Waals surface area contributed by atoms with Gasteiger partial charge in [-0.1, -0.05) is 5.16 Å². The van der Waals surface area contributed by atoms with Crippen molar-refractivity contribution < 1.29 is 14.1 Å². The zero-order chi connectivity index (χ0) is 16.2. The van der Waals surface area contributed by atoms with Crippen LogP contribution in [0.25, 0.3) is 0 Å². The fourth-order valence-corrected chi connectivity index (χ4v) is 2.03. The Labute approximate surface area is 129 Å². The van der Waals surface area contributed by atoms with Crippen molar-refractivity contribution in [2.45, 2.75) is 32.9 Å². The normalized spacial score (nSPS) is 16.8. The molecule has 122 valence electrons. The number of nitrogens with zero attached hydrogens (tertiary/aromatic N) is 4. The van der Waals surface area contributed by atoms with Crippen LogP contribution in [0, 0.1) is 0 Å². The Morgan fingerprint density at radius 3 is 2.55 bits per heavy atom. The van der Waals surface area contributed by atoms with Gasteiger partial charge in [-0.05, 0) is 20.8 Å². The molecule has 2 rings (SSSR count). The number of nitrogens with two attached hydrogens (primary N) is 1. The Bertz CT molecular complexity index is 513. The Kier molecular flexibility index (Phi) is 4.89. The van der Waals surface area contributed by atoms with Gasteiger partial charge in [-0.25, -0.2) is 9.79 Å². The van der Waals surface area contributed by atoms with Crippen LogP contribution in [0.2, 0.25) is 0 Å². The van der Waals surface area contributed by atoms with E-state index in [0.717, 1.165) is 5.69 Å². The number of ether oxygens (including phenoxy) is 1. The lowest BCUT2D eigenvalue weighted by Gasteiger charge is -2.36. The number of carbonyl (C=O) groups excluding carboxylic acids is 1. The molecular weight excluding hydrogens is 286 g/mol. The van der Waals surface area contributed by atoms with E-state index in [2.05, 4.69) is 10.1 Å². The number of carbonyl (C=O) groups is 1. The van der Waals surface area contributed by atoms with Crippen molar-refractivity contribution in [2.24, 2.45) is 10.7 Å². The molecule has 0 radical (unpaired) electrons. The zero-order valence-electron chi connectivity index (χ0n) is 13.3. The van der Waals surface area contributed by atoms with Crippen LogP contribution in [0.3, 0.4) is 0 Å². The minimum Gasteiger partial charge on any atom is -0.444 e. The number of aliphatic imine (C=N–C) groups is 1. The first kappa shape index (κ1) is 16.1. The van der Waals surface area contributed by atoms with Crippen LogP contribution in [0.1, 0.15) is 26.5 Å². The second-order valence-corrected chi connectivity index (χ2v) is 6.12. The summed E-state index contributed by atoms with van der Waals surface area (Å²) in [6, 6.07) is 1.75. The monoisotopic (exact) mass is 309 g/mol. The zero-order valence-corrected chi connectivity index (χ0v) is 13.3. The Hall–Kier alpha value is -2.25. The summed E-state index contributed by atoms with van der Waals surface area (Å²) in [6.45, 7) is 8.35. The fraction of sp³-hybridized carbons (Fsp3) is 0.643. The number of aromatic nitrogens is 1. The third kappa shape index (κ3) is 4.64. The molecule has 2 N–H and O–H groups in total. The van der Waals surface area contributed by atoms with E-state index >= 15 is 0 Å². The van der Waals surface area contributed by atoms with E-state index in [1.54, 1.807) is 11.0 Å². The molecule has 0 unspecified atom stereocenters. The predicted molar refractivity (Wildman–Crippen MR) is 81.2 cm³/mol. The van der Waals surface area contributed by atoms with Crippen molar-refractivity contribution in [3.8, 4) is 0 Å². The minimum atomic E-state index is -0.480. The van der Waals surface area contributed by atoms with Gasteiger partial charge in [0.05, 0.1) is 6.54 Å². The highest BCUT2D eigenvalue weighted by Gasteiger charge is 2.26. The van der Waals surface area contributed by atoms with E-state index in [1.807, 2.05) is 25.7 Å². The number of hydrogen-bond donors (Lipinski definition) is 1. The Morgan fingerprint density at radius 1 is 1.36 bits per heavy atom. The highest BCUT2D eigenvalue weighted by Crippen LogP contribution is 2.11. The van der Waals surface area contributed by atoms with Gasteiger partial charge in [-0.2, -0.15) is 0 Å². The van der Waals surface area contributed by atoms with Crippen LogP contribution in [0.4, 0.5) is 4.79 Å². The average molecular weight is 309 g/mol. The van der Waals surface area contributed by atoms with Crippen LogP contribution in [0.5, 0.6) is 0 Å². The first-order chi connectivity index (χ1) is 10.3. The molecule has 0 spiro atoms. The highest BCUT2D eigenvalue weighted by atomic mass is 16.6. The summed E-state index contributed by atoms with van der Waals surface area (Å²) in [5.41, 5.74) is 6.22. The summed E-state index contributed by atoms with van der Waals surface area (Å²) in [4.78, 5) is 19.9. The Balaban J connectivity index is 1.81. The molecule has 8 heteroatoms. The van der Waals surface area contributed by atoms with Gasteiger partial charge in [-0.15, -0.1) is 0 Å². The second-order valence-electron chi connectivity index (χ2n) is 6.12. The van der Waals surface area contributed by atoms with Gasteiger partial charge in [-0.3, -0.25) is 0 Å². The molecule has 0 bridgehead atoms. The quantitative estimate of drug-likeness (QED) is 0.647. The summed E-state index contributed by atoms with van der Waals surface area (Å²) in [6.07, 6.45) is 1.21. The van der Waals surface area contributed by atoms with Gasteiger partial charge >= 0.3 is 6.09 Å². The SMILES string of the molecule is CC(C)(C)OC(=O)N1CCN(C(N)=NCc2ccon2)CC1. The summed E-state index contributed by atoms with van der Waals surface area (Å²) in [7, 11) is 0. The number of rotatable bonds is 2. The number of piperazine rings is 1. The van der Waals surface area contributed by atoms with E-state index in [1.165, 1.54) is 6.26 Å². The lowest BCUT2D eigenvalue weighted by molar-refractivity contribution is 0.0186. The van der Waals surface area contributed by atoms with Crippen LogP contribution in [-0.4, -0.2) is 58.8 Å². The Morgan fingerprint density at radius 2 is 2.00 bits per heavy atom. The largest absolute Gasteiger partial charge is 0.444 e. The molecule has 22 heavy (non-hydrogen) atoms. The van der Waals surface area contributed by atoms with E-state index < -0.39 is 5.60 Å². The first-order valence-corrected chi connectivity index (χ1v) is 7.27. The lowest BCUT2D eigenvalue weighted by Crippen LogP contribution is -2.53. The molecule has 8 nitrogen and oxygen atoms in total. The number of hydrogen-bond acceptors (Lipinski definition) is 5. The highest BCUT2D eigenvalue weighted by molar-refractivity contribution is 5.78. The molecule has 1 fully saturated rings. The topological polar surface area (TPSA) is 97.2 Å². The van der Waals surface area contributed by atoms with E-state index in [4.69, 9.17) is 15.0 Å². The third-order valence-electron chi connectivity index (χ3n) is 3.15. The van der Waals surface area contributed by atoms with Crippen LogP contribution in [0.15, 0.2) is 21.8 Å². The van der Waals surface area contributed by atoms with E-state index in [0.29, 0.717) is 38.7 Å². The summed E-state index contributed by atoms with van der Waals surface area (Å²) in [5.74, 6) is 0.451. The molecule has 1 aromatic rings. The predicted octanol–water partition coefficient (Wildman–Crippen LogP) is 1.04. The van der Waals surface area contributed by atoms with Gasteiger partial charge < -0.3 is 24.8 Å². The van der Waals surface area contributed by atoms with Gasteiger partial charge in [0.1, 0.15) is 17.6 Å². The van der Waals surface area contributed by atoms with Gasteiger partial charge in [0.25, 0.3) is 0 Å². The van der Waals surface area contributed by atoms with Crippen molar-refractivity contribution in [3.63, 3.8) is 0 Å².